The first-order valence-electron chi connectivity index (χ1n) is 9.23. The van der Waals surface area contributed by atoms with Crippen LogP contribution in [0.4, 0.5) is 0 Å². The fraction of sp³-hybridized carbons (Fsp3) is 0.450. The number of thiazole rings is 1. The largest absolute Gasteiger partial charge is 0.469 e. The van der Waals surface area contributed by atoms with Crippen molar-refractivity contribution in [2.24, 2.45) is 16.8 Å². The summed E-state index contributed by atoms with van der Waals surface area (Å²) in [5.74, 6) is 0.815. The van der Waals surface area contributed by atoms with Gasteiger partial charge in [0.15, 0.2) is 5.96 Å². The summed E-state index contributed by atoms with van der Waals surface area (Å²) in [4.78, 5) is 23.5. The highest BCUT2D eigenvalue weighted by Gasteiger charge is 2.36. The monoisotopic (exact) mass is 514 g/mol. The van der Waals surface area contributed by atoms with Gasteiger partial charge in [0, 0.05) is 30.6 Å². The molecule has 2 unspecified atom stereocenters. The van der Waals surface area contributed by atoms with Crippen LogP contribution in [-0.4, -0.2) is 48.6 Å². The molecule has 6 nitrogen and oxygen atoms in total. The zero-order valence-corrected chi connectivity index (χ0v) is 19.6. The minimum atomic E-state index is -0.145. The third-order valence-electron chi connectivity index (χ3n) is 4.74. The Morgan fingerprint density at radius 1 is 1.36 bits per heavy atom. The second-order valence-electron chi connectivity index (χ2n) is 6.67. The average molecular weight is 514 g/mol. The fourth-order valence-electron chi connectivity index (χ4n) is 3.29. The molecular weight excluding hydrogens is 487 g/mol. The fourth-order valence-corrected chi connectivity index (χ4v) is 4.02. The maximum absolute atomic E-state index is 11.9. The Bertz CT molecular complexity index is 797. The molecule has 1 aliphatic heterocycles. The number of ether oxygens (including phenoxy) is 1. The SMILES string of the molecule is CCNC(=NCc1nc(-c2ccccc2)cs1)N1CC(C)C(C(=O)OC)C1.I. The number of nitrogens with zero attached hydrogens (tertiary/aromatic N) is 3. The molecule has 0 saturated carbocycles. The second-order valence-corrected chi connectivity index (χ2v) is 7.62. The quantitative estimate of drug-likeness (QED) is 0.286. The Kier molecular flexibility index (Phi) is 8.68. The van der Waals surface area contributed by atoms with Gasteiger partial charge in [0.2, 0.25) is 0 Å². The third kappa shape index (κ3) is 5.44. The number of benzene rings is 1. The van der Waals surface area contributed by atoms with E-state index in [0.29, 0.717) is 13.1 Å². The van der Waals surface area contributed by atoms with Gasteiger partial charge in [-0.2, -0.15) is 0 Å². The van der Waals surface area contributed by atoms with Crippen molar-refractivity contribution in [3.63, 3.8) is 0 Å². The predicted octanol–water partition coefficient (Wildman–Crippen LogP) is 3.63. The molecule has 8 heteroatoms. The normalized spacial score (nSPS) is 19.2. The zero-order chi connectivity index (χ0) is 19.2. The summed E-state index contributed by atoms with van der Waals surface area (Å²) in [7, 11) is 1.45. The van der Waals surface area contributed by atoms with Gasteiger partial charge in [0.1, 0.15) is 5.01 Å². The lowest BCUT2D eigenvalue weighted by Crippen LogP contribution is -2.40. The number of hydrogen-bond donors (Lipinski definition) is 1. The number of esters is 1. The number of rotatable bonds is 5. The number of aromatic nitrogens is 1. The first-order valence-corrected chi connectivity index (χ1v) is 10.1. The summed E-state index contributed by atoms with van der Waals surface area (Å²) in [5.41, 5.74) is 2.10. The van der Waals surface area contributed by atoms with Crippen molar-refractivity contribution in [3.05, 3.63) is 40.7 Å². The van der Waals surface area contributed by atoms with Crippen LogP contribution < -0.4 is 5.32 Å². The van der Waals surface area contributed by atoms with Crippen LogP contribution in [0.15, 0.2) is 40.7 Å². The smallest absolute Gasteiger partial charge is 0.310 e. The number of carbonyl (C=O) groups excluding carboxylic acids is 1. The lowest BCUT2D eigenvalue weighted by Gasteiger charge is -2.21. The van der Waals surface area contributed by atoms with Crippen molar-refractivity contribution in [3.8, 4) is 11.3 Å². The summed E-state index contributed by atoms with van der Waals surface area (Å²) in [6.45, 7) is 6.85. The van der Waals surface area contributed by atoms with Crippen LogP contribution in [0, 0.1) is 11.8 Å². The van der Waals surface area contributed by atoms with Crippen molar-refractivity contribution in [1.29, 1.82) is 0 Å². The zero-order valence-electron chi connectivity index (χ0n) is 16.4. The van der Waals surface area contributed by atoms with Crippen LogP contribution in [0.5, 0.6) is 0 Å². The highest BCUT2D eigenvalue weighted by Crippen LogP contribution is 2.25. The summed E-state index contributed by atoms with van der Waals surface area (Å²) < 4.78 is 4.93. The van der Waals surface area contributed by atoms with Crippen molar-refractivity contribution >= 4 is 47.2 Å². The molecule has 2 atom stereocenters. The highest BCUT2D eigenvalue weighted by atomic mass is 127. The number of hydrogen-bond acceptors (Lipinski definition) is 5. The number of nitrogens with one attached hydrogen (secondary N) is 1. The number of aliphatic imine (C=N–C) groups is 1. The van der Waals surface area contributed by atoms with E-state index in [0.717, 1.165) is 35.3 Å². The molecule has 0 amide bonds. The Balaban J connectivity index is 0.00000280. The van der Waals surface area contributed by atoms with Crippen LogP contribution >= 0.6 is 35.3 Å². The minimum absolute atomic E-state index is 0. The van der Waals surface area contributed by atoms with Gasteiger partial charge >= 0.3 is 5.97 Å². The third-order valence-corrected chi connectivity index (χ3v) is 5.57. The molecule has 0 radical (unpaired) electrons. The maximum Gasteiger partial charge on any atom is 0.310 e. The van der Waals surface area contributed by atoms with Gasteiger partial charge in [-0.05, 0) is 12.8 Å². The molecule has 2 aromatic rings. The number of methoxy groups -OCH3 is 1. The summed E-state index contributed by atoms with van der Waals surface area (Å²) in [5, 5.41) is 6.37. The van der Waals surface area contributed by atoms with Gasteiger partial charge in [-0.3, -0.25) is 4.79 Å². The average Bonchev–Trinajstić information content (AvgIpc) is 3.32. The second kappa shape index (κ2) is 10.8. The number of carbonyl (C=O) groups is 1. The van der Waals surface area contributed by atoms with Crippen molar-refractivity contribution in [2.45, 2.75) is 20.4 Å². The summed E-state index contributed by atoms with van der Waals surface area (Å²) in [6, 6.07) is 10.2. The van der Waals surface area contributed by atoms with Crippen LogP contribution in [0.3, 0.4) is 0 Å². The van der Waals surface area contributed by atoms with Crippen LogP contribution in [0.2, 0.25) is 0 Å². The summed E-state index contributed by atoms with van der Waals surface area (Å²) >= 11 is 1.62. The molecule has 1 saturated heterocycles. The van der Waals surface area contributed by atoms with Crippen molar-refractivity contribution < 1.29 is 9.53 Å². The first-order chi connectivity index (χ1) is 13.1. The summed E-state index contributed by atoms with van der Waals surface area (Å²) in [6.07, 6.45) is 0. The van der Waals surface area contributed by atoms with E-state index in [9.17, 15) is 4.79 Å². The molecule has 0 spiro atoms. The Morgan fingerprint density at radius 3 is 2.79 bits per heavy atom. The molecule has 3 rings (SSSR count). The Labute approximate surface area is 187 Å². The van der Waals surface area contributed by atoms with Crippen molar-refractivity contribution in [2.75, 3.05) is 26.7 Å². The van der Waals surface area contributed by atoms with E-state index in [1.54, 1.807) is 11.3 Å². The number of guanidine groups is 1. The van der Waals surface area contributed by atoms with Crippen molar-refractivity contribution in [1.82, 2.24) is 15.2 Å². The molecule has 0 aliphatic carbocycles. The number of halogens is 1. The standard InChI is InChI=1S/C20H26N4O2S.HI/c1-4-21-20(24-11-14(2)16(12-24)19(25)26-3)22-10-18-23-17(13-27-18)15-8-6-5-7-9-15;/h5-9,13-14,16H,4,10-12H2,1-3H3,(H,21,22);1H. The predicted molar refractivity (Wildman–Crippen MR) is 124 cm³/mol. The Morgan fingerprint density at radius 2 is 2.11 bits per heavy atom. The van der Waals surface area contributed by atoms with Gasteiger partial charge in [-0.1, -0.05) is 37.3 Å². The van der Waals surface area contributed by atoms with Gasteiger partial charge in [-0.15, -0.1) is 35.3 Å². The van der Waals surface area contributed by atoms with Crippen LogP contribution in [-0.2, 0) is 16.1 Å². The van der Waals surface area contributed by atoms with Gasteiger partial charge in [-0.25, -0.2) is 9.98 Å². The molecule has 28 heavy (non-hydrogen) atoms. The highest BCUT2D eigenvalue weighted by molar-refractivity contribution is 14.0. The minimum Gasteiger partial charge on any atom is -0.469 e. The lowest BCUT2D eigenvalue weighted by atomic mass is 9.99. The van der Waals surface area contributed by atoms with E-state index in [1.165, 1.54) is 7.11 Å². The number of likely N-dealkylation sites (tertiary alicyclic amines) is 1. The van der Waals surface area contributed by atoms with E-state index in [-0.39, 0.29) is 41.8 Å². The topological polar surface area (TPSA) is 66.8 Å². The molecule has 1 fully saturated rings. The molecule has 1 N–H and O–H groups in total. The van der Waals surface area contributed by atoms with Gasteiger partial charge < -0.3 is 15.0 Å². The van der Waals surface area contributed by atoms with E-state index >= 15 is 0 Å². The van der Waals surface area contributed by atoms with Gasteiger partial charge in [0.05, 0.1) is 25.3 Å². The van der Waals surface area contributed by atoms with Crippen LogP contribution in [0.1, 0.15) is 18.9 Å². The molecule has 2 heterocycles. The maximum atomic E-state index is 11.9. The molecule has 0 bridgehead atoms. The Hall–Kier alpha value is -1.68. The molecule has 1 aromatic heterocycles. The van der Waals surface area contributed by atoms with E-state index in [4.69, 9.17) is 14.7 Å². The lowest BCUT2D eigenvalue weighted by molar-refractivity contribution is -0.145. The van der Waals surface area contributed by atoms with E-state index in [1.807, 2.05) is 25.1 Å². The molecule has 1 aliphatic rings. The molecular formula is C20H27IN4O2S. The van der Waals surface area contributed by atoms with E-state index < -0.39 is 0 Å². The molecule has 1 aromatic carbocycles. The van der Waals surface area contributed by atoms with Gasteiger partial charge in [0.25, 0.3) is 0 Å². The van der Waals surface area contributed by atoms with Crippen LogP contribution in [0.25, 0.3) is 11.3 Å². The first kappa shape index (κ1) is 22.6. The molecule has 152 valence electrons. The van der Waals surface area contributed by atoms with E-state index in [2.05, 4.69) is 34.7 Å².